The van der Waals surface area contributed by atoms with E-state index < -0.39 is 5.60 Å². The number of fused-ring (bicyclic) bond motifs is 3. The second-order valence-corrected chi connectivity index (χ2v) is 15.8. The number of H-pyrrole nitrogens is 1. The smallest absolute Gasteiger partial charge is 0.410 e. The number of carbonyl (C=O) groups excluding carboxylic acids is 1. The van der Waals surface area contributed by atoms with Gasteiger partial charge in [0.2, 0.25) is 5.95 Å². The van der Waals surface area contributed by atoms with Crippen LogP contribution in [0.25, 0.3) is 22.3 Å². The van der Waals surface area contributed by atoms with Crippen LogP contribution in [0.1, 0.15) is 95.0 Å². The van der Waals surface area contributed by atoms with Crippen molar-refractivity contribution in [2.75, 3.05) is 37.6 Å². The molecule has 3 aliphatic heterocycles. The summed E-state index contributed by atoms with van der Waals surface area (Å²) in [6.07, 6.45) is 11.8. The highest BCUT2D eigenvalue weighted by molar-refractivity contribution is 5.86. The zero-order valence-corrected chi connectivity index (χ0v) is 29.2. The number of aromatic amines is 1. The number of aromatic nitrogens is 5. The van der Waals surface area contributed by atoms with Gasteiger partial charge in [-0.3, -0.25) is 0 Å². The number of hydrogen-bond acceptors (Lipinski definition) is 9. The summed E-state index contributed by atoms with van der Waals surface area (Å²) in [6, 6.07) is 10.00. The minimum absolute atomic E-state index is 0.0586. The van der Waals surface area contributed by atoms with Crippen LogP contribution in [0.5, 0.6) is 5.75 Å². The van der Waals surface area contributed by atoms with E-state index in [4.69, 9.17) is 14.7 Å². The molecule has 11 nitrogen and oxygen atoms in total. The Hall–Kier alpha value is -4.25. The largest absolute Gasteiger partial charge is 0.507 e. The van der Waals surface area contributed by atoms with Crippen molar-refractivity contribution >= 4 is 23.1 Å². The van der Waals surface area contributed by atoms with Gasteiger partial charge in [0.05, 0.1) is 11.7 Å². The van der Waals surface area contributed by atoms with Crippen LogP contribution >= 0.6 is 0 Å². The molecule has 0 unspecified atom stereocenters. The third-order valence-electron chi connectivity index (χ3n) is 11.6. The summed E-state index contributed by atoms with van der Waals surface area (Å²) < 4.78 is 5.60. The van der Waals surface area contributed by atoms with Crippen molar-refractivity contribution in [3.8, 4) is 17.0 Å². The maximum absolute atomic E-state index is 12.5. The van der Waals surface area contributed by atoms with Gasteiger partial charge in [-0.2, -0.15) is 0 Å². The van der Waals surface area contributed by atoms with Crippen LogP contribution in [0.2, 0.25) is 0 Å². The van der Waals surface area contributed by atoms with E-state index in [1.54, 1.807) is 6.07 Å². The van der Waals surface area contributed by atoms with Crippen LogP contribution < -0.4 is 4.90 Å². The van der Waals surface area contributed by atoms with Crippen molar-refractivity contribution in [1.82, 2.24) is 34.9 Å². The summed E-state index contributed by atoms with van der Waals surface area (Å²) in [5.74, 6) is 1.44. The predicted octanol–water partition coefficient (Wildman–Crippen LogP) is 6.60. The van der Waals surface area contributed by atoms with E-state index in [0.29, 0.717) is 28.6 Å². The number of para-hydroxylation sites is 1. The van der Waals surface area contributed by atoms with Gasteiger partial charge in [-0.15, -0.1) is 10.2 Å². The number of anilines is 1. The summed E-state index contributed by atoms with van der Waals surface area (Å²) in [5.41, 5.74) is 5.66. The summed E-state index contributed by atoms with van der Waals surface area (Å²) >= 11 is 0. The van der Waals surface area contributed by atoms with E-state index in [2.05, 4.69) is 44.3 Å². The van der Waals surface area contributed by atoms with Crippen LogP contribution in [0.3, 0.4) is 0 Å². The number of phenols is 1. The molecule has 2 saturated heterocycles. The Kier molecular flexibility index (Phi) is 8.00. The lowest BCUT2D eigenvalue weighted by atomic mass is 9.59. The molecule has 0 radical (unpaired) electrons. The van der Waals surface area contributed by atoms with Gasteiger partial charge in [0, 0.05) is 66.7 Å². The van der Waals surface area contributed by atoms with E-state index in [0.717, 1.165) is 81.8 Å². The average molecular weight is 665 g/mol. The molecular weight excluding hydrogens is 616 g/mol. The third-order valence-corrected chi connectivity index (χ3v) is 11.6. The van der Waals surface area contributed by atoms with Crippen LogP contribution in [0, 0.1) is 5.41 Å². The van der Waals surface area contributed by atoms with Gasteiger partial charge in [-0.1, -0.05) is 12.1 Å². The van der Waals surface area contributed by atoms with E-state index in [1.807, 2.05) is 49.9 Å². The Labute approximate surface area is 288 Å². The molecule has 0 bridgehead atoms. The van der Waals surface area contributed by atoms with Gasteiger partial charge in [-0.25, -0.2) is 14.8 Å². The number of likely N-dealkylation sites (tertiary alicyclic amines) is 2. The molecule has 49 heavy (non-hydrogen) atoms. The standard InChI is InChI=1S/C38H48N8O3/c1-24-33-29-19-31(28-7-5-6-8-32(28)47)42-43-34(29)41-30(33)11-16-46(24)35-39-22-26(23-40-35)25-9-14-44(15-10-25)27-20-38(21-27)12-17-45(18-13-38)36(48)49-37(2,3)4/h5-8,19,22-25,27,47H,9-18,20-21H2,1-4H3,(H,41,43)/t24-/m1/s1. The maximum Gasteiger partial charge on any atom is 0.410 e. The van der Waals surface area contributed by atoms with Crippen molar-refractivity contribution in [3.05, 3.63) is 59.5 Å². The molecule has 3 fully saturated rings. The van der Waals surface area contributed by atoms with Crippen LogP contribution in [0.15, 0.2) is 42.7 Å². The van der Waals surface area contributed by atoms with Gasteiger partial charge >= 0.3 is 6.09 Å². The monoisotopic (exact) mass is 664 g/mol. The highest BCUT2D eigenvalue weighted by Gasteiger charge is 2.49. The average Bonchev–Trinajstić information content (AvgIpc) is 3.46. The molecule has 6 heterocycles. The van der Waals surface area contributed by atoms with Crippen LogP contribution in [-0.4, -0.2) is 90.5 Å². The van der Waals surface area contributed by atoms with Crippen molar-refractivity contribution in [2.45, 2.75) is 96.2 Å². The van der Waals surface area contributed by atoms with Gasteiger partial charge in [-0.05, 0) is 114 Å². The topological polar surface area (TPSA) is 124 Å². The first-order valence-corrected chi connectivity index (χ1v) is 18.0. The summed E-state index contributed by atoms with van der Waals surface area (Å²) in [6.45, 7) is 12.7. The van der Waals surface area contributed by atoms with Crippen molar-refractivity contribution < 1.29 is 14.6 Å². The predicted molar refractivity (Wildman–Crippen MR) is 189 cm³/mol. The molecule has 8 rings (SSSR count). The lowest BCUT2D eigenvalue weighted by Crippen LogP contribution is -2.57. The molecule has 2 N–H and O–H groups in total. The number of nitrogens with zero attached hydrogens (tertiary/aromatic N) is 7. The SMILES string of the molecule is C[C@@H]1c2c([nH]c3nnc(-c4ccccc4O)cc23)CCN1c1ncc(C2CCN(C3CC4(CCN(C(=O)OC(C)(C)C)CC4)C3)CC2)cn1. The molecule has 1 atom stereocenters. The highest BCUT2D eigenvalue weighted by Crippen LogP contribution is 2.52. The molecule has 1 amide bonds. The second-order valence-electron chi connectivity index (χ2n) is 15.8. The van der Waals surface area contributed by atoms with Gasteiger partial charge in [0.25, 0.3) is 0 Å². The Morgan fingerprint density at radius 1 is 1.00 bits per heavy atom. The van der Waals surface area contributed by atoms with E-state index in [9.17, 15) is 9.90 Å². The zero-order chi connectivity index (χ0) is 33.9. The number of ether oxygens (including phenoxy) is 1. The van der Waals surface area contributed by atoms with Gasteiger partial charge in [0.15, 0.2) is 5.65 Å². The molecule has 258 valence electrons. The molecule has 1 aromatic carbocycles. The Bertz CT molecular complexity index is 1830. The number of hydrogen-bond donors (Lipinski definition) is 2. The highest BCUT2D eigenvalue weighted by atomic mass is 16.6. The number of nitrogens with one attached hydrogen (secondary N) is 1. The number of benzene rings is 1. The normalized spacial score (nSPS) is 21.9. The third kappa shape index (κ3) is 6.11. The minimum atomic E-state index is -0.443. The number of carbonyl (C=O) groups is 1. The fourth-order valence-electron chi connectivity index (χ4n) is 8.80. The van der Waals surface area contributed by atoms with Gasteiger partial charge in [0.1, 0.15) is 11.4 Å². The molecule has 4 aliphatic rings. The quantitative estimate of drug-likeness (QED) is 0.248. The van der Waals surface area contributed by atoms with Gasteiger partial charge < -0.3 is 29.5 Å². The Balaban J connectivity index is 0.866. The molecular formula is C38H48N8O3. The zero-order valence-electron chi connectivity index (χ0n) is 29.2. The first-order valence-electron chi connectivity index (χ1n) is 18.0. The maximum atomic E-state index is 12.5. The summed E-state index contributed by atoms with van der Waals surface area (Å²) in [7, 11) is 0. The first kappa shape index (κ1) is 32.0. The lowest BCUT2D eigenvalue weighted by Gasteiger charge is -2.56. The van der Waals surface area contributed by atoms with Crippen molar-refractivity contribution in [2.24, 2.45) is 5.41 Å². The molecule has 1 saturated carbocycles. The number of amides is 1. The molecule has 1 aliphatic carbocycles. The lowest BCUT2D eigenvalue weighted by molar-refractivity contribution is -0.0530. The van der Waals surface area contributed by atoms with Crippen molar-refractivity contribution in [1.29, 1.82) is 0 Å². The van der Waals surface area contributed by atoms with Crippen LogP contribution in [0.4, 0.5) is 10.7 Å². The number of piperidine rings is 2. The van der Waals surface area contributed by atoms with Crippen molar-refractivity contribution in [3.63, 3.8) is 0 Å². The number of rotatable bonds is 4. The summed E-state index contributed by atoms with van der Waals surface area (Å²) in [5, 5.41) is 20.3. The van der Waals surface area contributed by atoms with E-state index in [-0.39, 0.29) is 17.9 Å². The first-order chi connectivity index (χ1) is 23.6. The number of aromatic hydroxyl groups is 1. The fourth-order valence-corrected chi connectivity index (χ4v) is 8.80. The Morgan fingerprint density at radius 2 is 1.71 bits per heavy atom. The molecule has 1 spiro atoms. The molecule has 11 heteroatoms. The minimum Gasteiger partial charge on any atom is -0.507 e. The van der Waals surface area contributed by atoms with E-state index in [1.165, 1.54) is 29.7 Å². The van der Waals surface area contributed by atoms with E-state index >= 15 is 0 Å². The molecule has 4 aromatic rings. The molecule has 3 aromatic heterocycles. The second kappa shape index (κ2) is 12.3. The number of phenolic OH excluding ortho intramolecular Hbond substituents is 1. The van der Waals surface area contributed by atoms with Crippen LogP contribution in [-0.2, 0) is 11.2 Å². The fraction of sp³-hybridized carbons (Fsp3) is 0.553. The summed E-state index contributed by atoms with van der Waals surface area (Å²) in [4.78, 5) is 32.7. The Morgan fingerprint density at radius 3 is 2.41 bits per heavy atom.